The molecule has 0 N–H and O–H groups in total. The third kappa shape index (κ3) is 3.06. The van der Waals surface area contributed by atoms with Gasteiger partial charge in [-0.05, 0) is 36.4 Å². The Morgan fingerprint density at radius 2 is 1.90 bits per heavy atom. The second-order valence-electron chi connectivity index (χ2n) is 4.74. The van der Waals surface area contributed by atoms with E-state index in [2.05, 4.69) is 4.98 Å². The number of rotatable bonds is 3. The number of nitrogens with zero attached hydrogens (tertiary/aromatic N) is 2. The molecule has 1 aromatic heterocycles. The molecule has 0 bridgehead atoms. The van der Waals surface area contributed by atoms with Gasteiger partial charge in [0, 0.05) is 17.6 Å². The number of thiazole rings is 1. The molecule has 3 rings (SSSR count). The Labute approximate surface area is 131 Å². The highest BCUT2D eigenvalue weighted by Gasteiger charge is 2.14. The van der Waals surface area contributed by atoms with Crippen LogP contribution in [0.25, 0.3) is 10.2 Å². The van der Waals surface area contributed by atoms with E-state index in [9.17, 15) is 4.79 Å². The third-order valence-corrected chi connectivity index (χ3v) is 4.42. The maximum absolute atomic E-state index is 12.3. The molecule has 0 aliphatic rings. The number of carbonyl (C=O) groups excluding carboxylic acids is 1. The molecule has 0 aliphatic heterocycles. The number of hydrogen-bond acceptors (Lipinski definition) is 3. The Morgan fingerprint density at radius 3 is 2.62 bits per heavy atom. The molecule has 21 heavy (non-hydrogen) atoms. The van der Waals surface area contributed by atoms with Crippen molar-refractivity contribution in [3.63, 3.8) is 0 Å². The van der Waals surface area contributed by atoms with E-state index in [-0.39, 0.29) is 5.91 Å². The normalized spacial score (nSPS) is 10.8. The topological polar surface area (TPSA) is 33.2 Å². The van der Waals surface area contributed by atoms with Crippen LogP contribution in [0.15, 0.2) is 48.5 Å². The zero-order valence-electron chi connectivity index (χ0n) is 11.4. The second-order valence-corrected chi connectivity index (χ2v) is 6.30. The standard InChI is InChI=1S/C16H13ClN2OS/c1-19(16(20)11-6-8-12(17)9-7-11)10-15-18-13-4-2-3-5-14(13)21-15/h2-9H,10H2,1H3. The molecule has 0 radical (unpaired) electrons. The van der Waals surface area contributed by atoms with E-state index >= 15 is 0 Å². The van der Waals surface area contributed by atoms with Crippen molar-refractivity contribution in [3.05, 3.63) is 64.1 Å². The Morgan fingerprint density at radius 1 is 1.19 bits per heavy atom. The number of hydrogen-bond donors (Lipinski definition) is 0. The van der Waals surface area contributed by atoms with Crippen molar-refractivity contribution in [2.75, 3.05) is 7.05 Å². The molecule has 0 saturated heterocycles. The smallest absolute Gasteiger partial charge is 0.253 e. The van der Waals surface area contributed by atoms with Gasteiger partial charge in [0.05, 0.1) is 16.8 Å². The van der Waals surface area contributed by atoms with E-state index < -0.39 is 0 Å². The predicted octanol–water partition coefficient (Wildman–Crippen LogP) is 4.22. The number of para-hydroxylation sites is 1. The van der Waals surface area contributed by atoms with Gasteiger partial charge in [0.1, 0.15) is 5.01 Å². The van der Waals surface area contributed by atoms with Crippen molar-refractivity contribution < 1.29 is 4.79 Å². The first-order valence-corrected chi connectivity index (χ1v) is 7.68. The molecule has 0 unspecified atom stereocenters. The fourth-order valence-electron chi connectivity index (χ4n) is 2.08. The predicted molar refractivity (Wildman–Crippen MR) is 86.9 cm³/mol. The van der Waals surface area contributed by atoms with Crippen molar-refractivity contribution >= 4 is 39.1 Å². The highest BCUT2D eigenvalue weighted by Crippen LogP contribution is 2.22. The summed E-state index contributed by atoms with van der Waals surface area (Å²) < 4.78 is 1.14. The summed E-state index contributed by atoms with van der Waals surface area (Å²) in [6.45, 7) is 0.501. The molecule has 106 valence electrons. The molecule has 3 aromatic rings. The molecule has 0 spiro atoms. The average Bonchev–Trinajstić information content (AvgIpc) is 2.89. The minimum atomic E-state index is -0.0362. The molecule has 0 atom stereocenters. The summed E-state index contributed by atoms with van der Waals surface area (Å²) in [7, 11) is 1.78. The van der Waals surface area contributed by atoms with Crippen LogP contribution in [-0.2, 0) is 6.54 Å². The van der Waals surface area contributed by atoms with Gasteiger partial charge in [-0.15, -0.1) is 11.3 Å². The number of aromatic nitrogens is 1. The van der Waals surface area contributed by atoms with Crippen molar-refractivity contribution in [1.82, 2.24) is 9.88 Å². The molecule has 5 heteroatoms. The summed E-state index contributed by atoms with van der Waals surface area (Å²) in [5.41, 5.74) is 1.60. The molecule has 3 nitrogen and oxygen atoms in total. The third-order valence-electron chi connectivity index (χ3n) is 3.15. The molecule has 2 aromatic carbocycles. The van der Waals surface area contributed by atoms with Crippen molar-refractivity contribution in [3.8, 4) is 0 Å². The van der Waals surface area contributed by atoms with Crippen LogP contribution in [-0.4, -0.2) is 22.8 Å². The van der Waals surface area contributed by atoms with Crippen LogP contribution in [0.4, 0.5) is 0 Å². The first kappa shape index (κ1) is 14.0. The summed E-state index contributed by atoms with van der Waals surface area (Å²) in [6, 6.07) is 14.9. The van der Waals surface area contributed by atoms with Gasteiger partial charge in [-0.3, -0.25) is 4.79 Å². The molecule has 1 amide bonds. The zero-order chi connectivity index (χ0) is 14.8. The molecule has 0 aliphatic carbocycles. The summed E-state index contributed by atoms with van der Waals surface area (Å²) >= 11 is 7.45. The molecule has 0 fully saturated rings. The largest absolute Gasteiger partial charge is 0.335 e. The van der Waals surface area contributed by atoms with Crippen molar-refractivity contribution in [2.24, 2.45) is 0 Å². The van der Waals surface area contributed by atoms with Crippen LogP contribution in [0.1, 0.15) is 15.4 Å². The summed E-state index contributed by atoms with van der Waals surface area (Å²) in [4.78, 5) is 18.5. The first-order chi connectivity index (χ1) is 10.1. The fraction of sp³-hybridized carbons (Fsp3) is 0.125. The van der Waals surface area contributed by atoms with Gasteiger partial charge in [-0.1, -0.05) is 23.7 Å². The van der Waals surface area contributed by atoms with E-state index in [1.807, 2.05) is 24.3 Å². The van der Waals surface area contributed by atoms with Gasteiger partial charge in [-0.25, -0.2) is 4.98 Å². The lowest BCUT2D eigenvalue weighted by Gasteiger charge is -2.15. The minimum Gasteiger partial charge on any atom is -0.335 e. The number of halogens is 1. The fourth-order valence-corrected chi connectivity index (χ4v) is 3.22. The molecule has 0 saturated carbocycles. The number of benzene rings is 2. The molecule has 1 heterocycles. The van der Waals surface area contributed by atoms with Crippen LogP contribution in [0.3, 0.4) is 0 Å². The number of fused-ring (bicyclic) bond motifs is 1. The number of carbonyl (C=O) groups is 1. The maximum Gasteiger partial charge on any atom is 0.253 e. The maximum atomic E-state index is 12.3. The lowest BCUT2D eigenvalue weighted by Crippen LogP contribution is -2.26. The SMILES string of the molecule is CN(Cc1nc2ccccc2s1)C(=O)c1ccc(Cl)cc1. The second kappa shape index (κ2) is 5.84. The van der Waals surface area contributed by atoms with Crippen LogP contribution in [0.2, 0.25) is 5.02 Å². The van der Waals surface area contributed by atoms with Gasteiger partial charge >= 0.3 is 0 Å². The van der Waals surface area contributed by atoms with Gasteiger partial charge in [-0.2, -0.15) is 0 Å². The van der Waals surface area contributed by atoms with Gasteiger partial charge in [0.25, 0.3) is 5.91 Å². The van der Waals surface area contributed by atoms with Crippen LogP contribution in [0.5, 0.6) is 0 Å². The summed E-state index contributed by atoms with van der Waals surface area (Å²) in [5.74, 6) is -0.0362. The Bertz CT molecular complexity index is 749. The Balaban J connectivity index is 1.77. The summed E-state index contributed by atoms with van der Waals surface area (Å²) in [5, 5.41) is 1.56. The first-order valence-electron chi connectivity index (χ1n) is 6.49. The lowest BCUT2D eigenvalue weighted by molar-refractivity contribution is 0.0785. The van der Waals surface area contributed by atoms with E-state index in [1.165, 1.54) is 0 Å². The quantitative estimate of drug-likeness (QED) is 0.724. The van der Waals surface area contributed by atoms with E-state index in [4.69, 9.17) is 11.6 Å². The van der Waals surface area contributed by atoms with Gasteiger partial charge < -0.3 is 4.90 Å². The highest BCUT2D eigenvalue weighted by molar-refractivity contribution is 7.18. The average molecular weight is 317 g/mol. The monoisotopic (exact) mass is 316 g/mol. The highest BCUT2D eigenvalue weighted by atomic mass is 35.5. The summed E-state index contributed by atoms with van der Waals surface area (Å²) in [6.07, 6.45) is 0. The van der Waals surface area contributed by atoms with Gasteiger partial charge in [0.2, 0.25) is 0 Å². The Hall–Kier alpha value is -1.91. The minimum absolute atomic E-state index is 0.0362. The van der Waals surface area contributed by atoms with E-state index in [1.54, 1.807) is 47.5 Å². The van der Waals surface area contributed by atoms with Crippen LogP contribution in [0, 0.1) is 0 Å². The van der Waals surface area contributed by atoms with Crippen molar-refractivity contribution in [2.45, 2.75) is 6.54 Å². The van der Waals surface area contributed by atoms with Crippen molar-refractivity contribution in [1.29, 1.82) is 0 Å². The van der Waals surface area contributed by atoms with Crippen LogP contribution < -0.4 is 0 Å². The van der Waals surface area contributed by atoms with Crippen LogP contribution >= 0.6 is 22.9 Å². The van der Waals surface area contributed by atoms with E-state index in [0.717, 1.165) is 15.2 Å². The lowest BCUT2D eigenvalue weighted by atomic mass is 10.2. The zero-order valence-corrected chi connectivity index (χ0v) is 13.0. The number of amides is 1. The van der Waals surface area contributed by atoms with Gasteiger partial charge in [0.15, 0.2) is 0 Å². The molecular weight excluding hydrogens is 304 g/mol. The van der Waals surface area contributed by atoms with E-state index in [0.29, 0.717) is 17.1 Å². The molecular formula is C16H13ClN2OS. The Kier molecular flexibility index (Phi) is 3.90.